The van der Waals surface area contributed by atoms with Crippen LogP contribution >= 0.6 is 0 Å². The second-order valence-electron chi connectivity index (χ2n) is 5.50. The average molecular weight is 262 g/mol. The van der Waals surface area contributed by atoms with Crippen molar-refractivity contribution in [3.8, 4) is 0 Å². The molecule has 0 spiro atoms. The van der Waals surface area contributed by atoms with Crippen LogP contribution in [0.25, 0.3) is 0 Å². The zero-order valence-corrected chi connectivity index (χ0v) is 11.4. The van der Waals surface area contributed by atoms with Gasteiger partial charge >= 0.3 is 0 Å². The SMILES string of the molecule is CC1(NC(=O)[C@H](N)Cc2ccccc2)CCCOC1. The van der Waals surface area contributed by atoms with Crippen molar-refractivity contribution in [2.75, 3.05) is 13.2 Å². The standard InChI is InChI=1S/C15H22N2O2/c1-15(8-5-9-19-11-15)17-14(18)13(16)10-12-6-3-2-4-7-12/h2-4,6-7,13H,5,8-11,16H2,1H3,(H,17,18)/t13-,15?/m1/s1. The van der Waals surface area contributed by atoms with E-state index in [0.29, 0.717) is 13.0 Å². The van der Waals surface area contributed by atoms with Gasteiger partial charge in [-0.1, -0.05) is 30.3 Å². The third kappa shape index (κ3) is 4.04. The number of nitrogens with two attached hydrogens (primary N) is 1. The zero-order valence-electron chi connectivity index (χ0n) is 11.4. The maximum absolute atomic E-state index is 12.1. The number of ether oxygens (including phenoxy) is 1. The van der Waals surface area contributed by atoms with Gasteiger partial charge in [0.2, 0.25) is 5.91 Å². The normalized spacial score (nSPS) is 24.7. The first kappa shape index (κ1) is 14.0. The number of nitrogens with one attached hydrogen (secondary N) is 1. The third-order valence-corrected chi connectivity index (χ3v) is 3.50. The maximum atomic E-state index is 12.1. The molecule has 1 aromatic rings. The van der Waals surface area contributed by atoms with Crippen LogP contribution in [0.2, 0.25) is 0 Å². The molecular weight excluding hydrogens is 240 g/mol. The summed E-state index contributed by atoms with van der Waals surface area (Å²) in [6, 6.07) is 9.32. The van der Waals surface area contributed by atoms with E-state index in [1.807, 2.05) is 37.3 Å². The molecule has 1 unspecified atom stereocenters. The van der Waals surface area contributed by atoms with Crippen LogP contribution in [0.1, 0.15) is 25.3 Å². The molecule has 2 atom stereocenters. The molecule has 3 N–H and O–H groups in total. The molecule has 1 aliphatic rings. The molecule has 0 radical (unpaired) electrons. The van der Waals surface area contributed by atoms with E-state index in [9.17, 15) is 4.79 Å². The van der Waals surface area contributed by atoms with E-state index in [2.05, 4.69) is 5.32 Å². The fraction of sp³-hybridized carbons (Fsp3) is 0.533. The van der Waals surface area contributed by atoms with Gasteiger partial charge in [0.05, 0.1) is 18.2 Å². The Morgan fingerprint density at radius 2 is 2.21 bits per heavy atom. The second kappa shape index (κ2) is 6.17. The third-order valence-electron chi connectivity index (χ3n) is 3.50. The predicted molar refractivity (Wildman–Crippen MR) is 74.7 cm³/mol. The van der Waals surface area contributed by atoms with Gasteiger partial charge in [-0.25, -0.2) is 0 Å². The first-order valence-electron chi connectivity index (χ1n) is 6.78. The van der Waals surface area contributed by atoms with E-state index in [0.717, 1.165) is 25.0 Å². The zero-order chi connectivity index (χ0) is 13.7. The Morgan fingerprint density at radius 1 is 1.47 bits per heavy atom. The quantitative estimate of drug-likeness (QED) is 0.858. The van der Waals surface area contributed by atoms with Crippen molar-refractivity contribution in [3.05, 3.63) is 35.9 Å². The number of rotatable bonds is 4. The van der Waals surface area contributed by atoms with Gasteiger partial charge in [-0.2, -0.15) is 0 Å². The number of hydrogen-bond acceptors (Lipinski definition) is 3. The highest BCUT2D eigenvalue weighted by Gasteiger charge is 2.30. The van der Waals surface area contributed by atoms with Crippen molar-refractivity contribution in [1.82, 2.24) is 5.32 Å². The molecular formula is C15H22N2O2. The Kier molecular flexibility index (Phi) is 4.56. The Balaban J connectivity index is 1.88. The lowest BCUT2D eigenvalue weighted by Crippen LogP contribution is -2.56. The summed E-state index contributed by atoms with van der Waals surface area (Å²) in [7, 11) is 0. The lowest BCUT2D eigenvalue weighted by Gasteiger charge is -2.35. The van der Waals surface area contributed by atoms with Gasteiger partial charge in [0.25, 0.3) is 0 Å². The number of benzene rings is 1. The summed E-state index contributed by atoms with van der Waals surface area (Å²) in [5.74, 6) is -0.100. The monoisotopic (exact) mass is 262 g/mol. The molecule has 1 amide bonds. The van der Waals surface area contributed by atoms with Gasteiger partial charge < -0.3 is 15.8 Å². The van der Waals surface area contributed by atoms with Gasteiger partial charge in [0.1, 0.15) is 0 Å². The summed E-state index contributed by atoms with van der Waals surface area (Å²) in [6.45, 7) is 3.36. The predicted octanol–water partition coefficient (Wildman–Crippen LogP) is 1.24. The number of amides is 1. The summed E-state index contributed by atoms with van der Waals surface area (Å²) in [6.07, 6.45) is 2.48. The van der Waals surface area contributed by atoms with E-state index < -0.39 is 6.04 Å². The minimum atomic E-state index is -0.513. The molecule has 4 nitrogen and oxygen atoms in total. The van der Waals surface area contributed by atoms with Crippen molar-refractivity contribution in [2.45, 2.75) is 37.8 Å². The van der Waals surface area contributed by atoms with Gasteiger partial charge in [-0.3, -0.25) is 4.79 Å². The van der Waals surface area contributed by atoms with E-state index in [-0.39, 0.29) is 11.4 Å². The summed E-state index contributed by atoms with van der Waals surface area (Å²) in [5, 5.41) is 3.03. The molecule has 104 valence electrons. The van der Waals surface area contributed by atoms with Crippen LogP contribution in [0.4, 0.5) is 0 Å². The lowest BCUT2D eigenvalue weighted by molar-refractivity contribution is -0.125. The van der Waals surface area contributed by atoms with Crippen LogP contribution in [0.15, 0.2) is 30.3 Å². The van der Waals surface area contributed by atoms with Gasteiger partial charge in [0.15, 0.2) is 0 Å². The molecule has 2 rings (SSSR count). The number of carbonyl (C=O) groups is 1. The van der Waals surface area contributed by atoms with Crippen molar-refractivity contribution >= 4 is 5.91 Å². The maximum Gasteiger partial charge on any atom is 0.237 e. The highest BCUT2D eigenvalue weighted by atomic mass is 16.5. The van der Waals surface area contributed by atoms with E-state index in [4.69, 9.17) is 10.5 Å². The number of hydrogen-bond donors (Lipinski definition) is 2. The minimum Gasteiger partial charge on any atom is -0.379 e. The summed E-state index contributed by atoms with van der Waals surface area (Å²) >= 11 is 0. The molecule has 4 heteroatoms. The average Bonchev–Trinajstić information content (AvgIpc) is 2.40. The summed E-state index contributed by atoms with van der Waals surface area (Å²) in [4.78, 5) is 12.1. The van der Waals surface area contributed by atoms with Gasteiger partial charge in [0, 0.05) is 6.61 Å². The fourth-order valence-corrected chi connectivity index (χ4v) is 2.38. The van der Waals surface area contributed by atoms with Crippen LogP contribution in [0.3, 0.4) is 0 Å². The molecule has 0 aliphatic carbocycles. The summed E-state index contributed by atoms with van der Waals surface area (Å²) < 4.78 is 5.43. The molecule has 0 bridgehead atoms. The number of carbonyl (C=O) groups excluding carboxylic acids is 1. The molecule has 1 aliphatic heterocycles. The van der Waals surface area contributed by atoms with Crippen LogP contribution in [-0.2, 0) is 16.0 Å². The molecule has 1 heterocycles. The first-order valence-corrected chi connectivity index (χ1v) is 6.78. The lowest BCUT2D eigenvalue weighted by atomic mass is 9.94. The van der Waals surface area contributed by atoms with Gasteiger partial charge in [-0.05, 0) is 31.7 Å². The van der Waals surface area contributed by atoms with E-state index >= 15 is 0 Å². The van der Waals surface area contributed by atoms with Crippen LogP contribution in [0, 0.1) is 0 Å². The Hall–Kier alpha value is -1.39. The van der Waals surface area contributed by atoms with Gasteiger partial charge in [-0.15, -0.1) is 0 Å². The Morgan fingerprint density at radius 3 is 2.84 bits per heavy atom. The van der Waals surface area contributed by atoms with Crippen LogP contribution in [-0.4, -0.2) is 30.7 Å². The van der Waals surface area contributed by atoms with Crippen molar-refractivity contribution in [1.29, 1.82) is 0 Å². The highest BCUT2D eigenvalue weighted by Crippen LogP contribution is 2.18. The first-order chi connectivity index (χ1) is 9.09. The Bertz CT molecular complexity index is 413. The highest BCUT2D eigenvalue weighted by molar-refractivity contribution is 5.82. The molecule has 0 saturated carbocycles. The van der Waals surface area contributed by atoms with Crippen molar-refractivity contribution < 1.29 is 9.53 Å². The molecule has 19 heavy (non-hydrogen) atoms. The van der Waals surface area contributed by atoms with Crippen LogP contribution < -0.4 is 11.1 Å². The van der Waals surface area contributed by atoms with E-state index in [1.54, 1.807) is 0 Å². The summed E-state index contributed by atoms with van der Waals surface area (Å²) in [5.41, 5.74) is 6.78. The molecule has 1 aromatic carbocycles. The minimum absolute atomic E-state index is 0.100. The van der Waals surface area contributed by atoms with Crippen LogP contribution in [0.5, 0.6) is 0 Å². The van der Waals surface area contributed by atoms with Crippen molar-refractivity contribution in [3.63, 3.8) is 0 Å². The molecule has 1 saturated heterocycles. The van der Waals surface area contributed by atoms with E-state index in [1.165, 1.54) is 0 Å². The fourth-order valence-electron chi connectivity index (χ4n) is 2.38. The molecule has 0 aromatic heterocycles. The largest absolute Gasteiger partial charge is 0.379 e. The van der Waals surface area contributed by atoms with Crippen molar-refractivity contribution in [2.24, 2.45) is 5.73 Å². The Labute approximate surface area is 114 Å². The topological polar surface area (TPSA) is 64.4 Å². The molecule has 1 fully saturated rings. The smallest absolute Gasteiger partial charge is 0.237 e. The second-order valence-corrected chi connectivity index (χ2v) is 5.50.